The molecule has 0 bridgehead atoms. The molecule has 1 fully saturated rings. The number of carbonyl (C=O) groups excluding carboxylic acids is 2. The van der Waals surface area contributed by atoms with Crippen LogP contribution in [-0.4, -0.2) is 56.7 Å². The van der Waals surface area contributed by atoms with Gasteiger partial charge in [0.25, 0.3) is 15.9 Å². The van der Waals surface area contributed by atoms with E-state index in [1.807, 2.05) is 6.92 Å². The lowest BCUT2D eigenvalue weighted by Crippen LogP contribution is -2.48. The summed E-state index contributed by atoms with van der Waals surface area (Å²) in [6.07, 6.45) is 0.755. The van der Waals surface area contributed by atoms with Crippen molar-refractivity contribution in [2.75, 3.05) is 30.9 Å². The number of rotatable bonds is 5. The van der Waals surface area contributed by atoms with E-state index in [1.54, 1.807) is 34.1 Å². The molecule has 1 saturated heterocycles. The van der Waals surface area contributed by atoms with Crippen LogP contribution in [-0.2, 0) is 14.8 Å². The topological polar surface area (TPSA) is 86.8 Å². The third-order valence-electron chi connectivity index (χ3n) is 4.52. The van der Waals surface area contributed by atoms with Crippen LogP contribution in [0.3, 0.4) is 0 Å². The Labute approximate surface area is 168 Å². The molecule has 0 atom stereocenters. The van der Waals surface area contributed by atoms with Gasteiger partial charge in [0.15, 0.2) is 0 Å². The highest BCUT2D eigenvalue weighted by Crippen LogP contribution is 2.26. The highest BCUT2D eigenvalue weighted by Gasteiger charge is 2.25. The molecule has 7 nitrogen and oxygen atoms in total. The molecule has 0 saturated carbocycles. The zero-order valence-corrected chi connectivity index (χ0v) is 16.8. The van der Waals surface area contributed by atoms with Crippen LogP contribution in [0.15, 0.2) is 47.4 Å². The molecule has 3 rings (SSSR count). The van der Waals surface area contributed by atoms with Crippen LogP contribution in [0, 0.1) is 6.92 Å². The number of anilines is 1. The van der Waals surface area contributed by atoms with E-state index in [-0.39, 0.29) is 21.4 Å². The van der Waals surface area contributed by atoms with E-state index < -0.39 is 10.0 Å². The molecule has 0 spiro atoms. The summed E-state index contributed by atoms with van der Waals surface area (Å²) in [7, 11) is -3.96. The summed E-state index contributed by atoms with van der Waals surface area (Å²) in [5.74, 6) is -0.297. The third kappa shape index (κ3) is 4.45. The van der Waals surface area contributed by atoms with Crippen LogP contribution in [0.4, 0.5) is 5.69 Å². The molecule has 148 valence electrons. The van der Waals surface area contributed by atoms with Crippen LogP contribution >= 0.6 is 11.6 Å². The van der Waals surface area contributed by atoms with Gasteiger partial charge in [0.2, 0.25) is 6.41 Å². The highest BCUT2D eigenvalue weighted by atomic mass is 35.5. The van der Waals surface area contributed by atoms with Gasteiger partial charge in [0.1, 0.15) is 4.90 Å². The Kier molecular flexibility index (Phi) is 5.90. The second-order valence-corrected chi connectivity index (χ2v) is 8.61. The van der Waals surface area contributed by atoms with Crippen molar-refractivity contribution in [1.82, 2.24) is 9.80 Å². The number of amides is 2. The molecule has 0 unspecified atom stereocenters. The number of piperazine rings is 1. The first-order chi connectivity index (χ1) is 13.3. The van der Waals surface area contributed by atoms with E-state index in [4.69, 9.17) is 11.6 Å². The monoisotopic (exact) mass is 421 g/mol. The number of sulfonamides is 1. The smallest absolute Gasteiger partial charge is 0.263 e. The summed E-state index contributed by atoms with van der Waals surface area (Å²) >= 11 is 6.11. The number of aryl methyl sites for hydroxylation is 1. The Balaban J connectivity index is 1.83. The zero-order chi connectivity index (χ0) is 20.3. The first-order valence-electron chi connectivity index (χ1n) is 8.68. The number of nitrogens with zero attached hydrogens (tertiary/aromatic N) is 2. The van der Waals surface area contributed by atoms with Gasteiger partial charge in [-0.15, -0.1) is 0 Å². The Bertz CT molecular complexity index is 985. The number of benzene rings is 2. The zero-order valence-electron chi connectivity index (χ0n) is 15.3. The fraction of sp³-hybridized carbons (Fsp3) is 0.263. The van der Waals surface area contributed by atoms with Crippen molar-refractivity contribution in [3.05, 3.63) is 58.6 Å². The van der Waals surface area contributed by atoms with Crippen LogP contribution < -0.4 is 4.72 Å². The fourth-order valence-corrected chi connectivity index (χ4v) is 4.47. The average molecular weight is 422 g/mol. The molecule has 1 aliphatic rings. The molecular weight excluding hydrogens is 402 g/mol. The van der Waals surface area contributed by atoms with E-state index in [9.17, 15) is 18.0 Å². The molecule has 2 aromatic rings. The predicted molar refractivity (Wildman–Crippen MR) is 107 cm³/mol. The quantitative estimate of drug-likeness (QED) is 0.751. The summed E-state index contributed by atoms with van der Waals surface area (Å²) in [4.78, 5) is 26.6. The molecule has 0 aliphatic carbocycles. The van der Waals surface area contributed by atoms with Crippen molar-refractivity contribution in [3.8, 4) is 0 Å². The van der Waals surface area contributed by atoms with Gasteiger partial charge in [0.05, 0.1) is 5.02 Å². The van der Waals surface area contributed by atoms with Gasteiger partial charge in [-0.05, 0) is 37.3 Å². The van der Waals surface area contributed by atoms with Gasteiger partial charge >= 0.3 is 0 Å². The Morgan fingerprint density at radius 2 is 1.71 bits per heavy atom. The maximum absolute atomic E-state index is 12.8. The normalized spacial score (nSPS) is 14.6. The minimum Gasteiger partial charge on any atom is -0.342 e. The van der Waals surface area contributed by atoms with Crippen molar-refractivity contribution < 1.29 is 18.0 Å². The SMILES string of the molecule is Cc1ccc(NS(=O)(=O)c2cc(C(=O)N3CCN(C=O)CC3)ccc2Cl)cc1. The minimum absolute atomic E-state index is 0.0296. The number of hydrogen-bond donors (Lipinski definition) is 1. The van der Waals surface area contributed by atoms with Crippen molar-refractivity contribution >= 4 is 39.6 Å². The standard InChI is InChI=1S/C19H20ClN3O4S/c1-14-2-5-16(6-3-14)21-28(26,27)18-12-15(4-7-17(18)20)19(25)23-10-8-22(13-24)9-11-23/h2-7,12-13,21H,8-11H2,1H3. The van der Waals surface area contributed by atoms with Gasteiger partial charge in [-0.3, -0.25) is 14.3 Å². The summed E-state index contributed by atoms with van der Waals surface area (Å²) in [5.41, 5.74) is 1.64. The van der Waals surface area contributed by atoms with Gasteiger partial charge in [0, 0.05) is 37.4 Å². The molecular formula is C19H20ClN3O4S. The molecule has 1 N–H and O–H groups in total. The van der Waals surface area contributed by atoms with E-state index in [1.165, 1.54) is 18.2 Å². The minimum atomic E-state index is -3.96. The molecule has 1 heterocycles. The number of nitrogens with one attached hydrogen (secondary N) is 1. The number of halogens is 1. The number of carbonyl (C=O) groups is 2. The maximum atomic E-state index is 12.8. The lowest BCUT2D eigenvalue weighted by Gasteiger charge is -2.32. The molecule has 2 aromatic carbocycles. The molecule has 0 aromatic heterocycles. The lowest BCUT2D eigenvalue weighted by atomic mass is 10.2. The van der Waals surface area contributed by atoms with Gasteiger partial charge in [-0.2, -0.15) is 0 Å². The molecule has 0 radical (unpaired) electrons. The Morgan fingerprint density at radius 1 is 1.07 bits per heavy atom. The van der Waals surface area contributed by atoms with E-state index in [2.05, 4.69) is 4.72 Å². The van der Waals surface area contributed by atoms with Crippen molar-refractivity contribution in [2.24, 2.45) is 0 Å². The van der Waals surface area contributed by atoms with Crippen LogP contribution in [0.5, 0.6) is 0 Å². The summed E-state index contributed by atoms with van der Waals surface area (Å²) in [5, 5.41) is 0.0296. The first kappa shape index (κ1) is 20.2. The highest BCUT2D eigenvalue weighted by molar-refractivity contribution is 7.92. The van der Waals surface area contributed by atoms with Crippen LogP contribution in [0.2, 0.25) is 5.02 Å². The Hall–Kier alpha value is -2.58. The van der Waals surface area contributed by atoms with E-state index >= 15 is 0 Å². The second-order valence-electron chi connectivity index (χ2n) is 6.55. The van der Waals surface area contributed by atoms with Gasteiger partial charge in [-0.1, -0.05) is 29.3 Å². The third-order valence-corrected chi connectivity index (χ3v) is 6.38. The van der Waals surface area contributed by atoms with E-state index in [0.717, 1.165) is 12.0 Å². The van der Waals surface area contributed by atoms with Crippen molar-refractivity contribution in [1.29, 1.82) is 0 Å². The van der Waals surface area contributed by atoms with Crippen LogP contribution in [0.1, 0.15) is 15.9 Å². The molecule has 2 amide bonds. The summed E-state index contributed by atoms with van der Waals surface area (Å²) < 4.78 is 28.0. The maximum Gasteiger partial charge on any atom is 0.263 e. The summed E-state index contributed by atoms with van der Waals surface area (Å²) in [6, 6.07) is 11.1. The number of hydrogen-bond acceptors (Lipinski definition) is 4. The van der Waals surface area contributed by atoms with Gasteiger partial charge in [-0.25, -0.2) is 8.42 Å². The molecule has 9 heteroatoms. The van der Waals surface area contributed by atoms with Crippen molar-refractivity contribution in [3.63, 3.8) is 0 Å². The Morgan fingerprint density at radius 3 is 2.32 bits per heavy atom. The largest absolute Gasteiger partial charge is 0.342 e. The average Bonchev–Trinajstić information content (AvgIpc) is 2.69. The lowest BCUT2D eigenvalue weighted by molar-refractivity contribution is -0.119. The predicted octanol–water partition coefficient (Wildman–Crippen LogP) is 2.36. The molecule has 28 heavy (non-hydrogen) atoms. The van der Waals surface area contributed by atoms with Gasteiger partial charge < -0.3 is 9.80 Å². The summed E-state index contributed by atoms with van der Waals surface area (Å²) in [6.45, 7) is 3.58. The fourth-order valence-electron chi connectivity index (χ4n) is 2.89. The first-order valence-corrected chi connectivity index (χ1v) is 10.5. The second kappa shape index (κ2) is 8.20. The van der Waals surface area contributed by atoms with E-state index in [0.29, 0.717) is 31.9 Å². The molecule has 1 aliphatic heterocycles. The van der Waals surface area contributed by atoms with Crippen LogP contribution in [0.25, 0.3) is 0 Å². The van der Waals surface area contributed by atoms with Crippen molar-refractivity contribution in [2.45, 2.75) is 11.8 Å².